The van der Waals surface area contributed by atoms with Crippen LogP contribution in [0.5, 0.6) is 0 Å². The fourth-order valence-electron chi connectivity index (χ4n) is 2.58. The normalized spacial score (nSPS) is 26.3. The summed E-state index contributed by atoms with van der Waals surface area (Å²) in [4.78, 5) is 51.2. The number of phosphoric acid groups is 3. The second-order valence-corrected chi connectivity index (χ2v) is 10.2. The number of aromatic nitrogens is 4. The van der Waals surface area contributed by atoms with Crippen LogP contribution in [0, 0.1) is 0 Å². The first kappa shape index (κ1) is 30.7. The van der Waals surface area contributed by atoms with Gasteiger partial charge in [0, 0.05) is 6.42 Å². The summed E-state index contributed by atoms with van der Waals surface area (Å²) in [5, 5.41) is 10.1. The minimum absolute atomic E-state index is 0. The number of anilines is 1. The predicted octanol–water partition coefficient (Wildman–Crippen LogP) is -7.86. The Labute approximate surface area is 223 Å². The van der Waals surface area contributed by atoms with Crippen LogP contribution in [-0.2, 0) is 31.6 Å². The summed E-state index contributed by atoms with van der Waals surface area (Å²) in [5.74, 6) is 0.116. The van der Waals surface area contributed by atoms with Crippen LogP contribution in [0.1, 0.15) is 12.6 Å². The van der Waals surface area contributed by atoms with Crippen molar-refractivity contribution in [3.05, 3.63) is 12.7 Å². The molecule has 0 aromatic carbocycles. The van der Waals surface area contributed by atoms with E-state index >= 15 is 0 Å². The Morgan fingerprint density at radius 2 is 1.84 bits per heavy atom. The molecule has 0 amide bonds. The van der Waals surface area contributed by atoms with Gasteiger partial charge in [0.05, 0.1) is 19.0 Å². The van der Waals surface area contributed by atoms with Crippen molar-refractivity contribution in [2.75, 3.05) is 12.3 Å². The van der Waals surface area contributed by atoms with Crippen molar-refractivity contribution in [2.24, 2.45) is 0 Å². The van der Waals surface area contributed by atoms with Gasteiger partial charge in [-0.15, -0.1) is 0 Å². The van der Waals surface area contributed by atoms with Gasteiger partial charge >= 0.3 is 66.9 Å². The number of nitrogens with zero attached hydrogens (tertiary/aromatic N) is 4. The van der Waals surface area contributed by atoms with Crippen LogP contribution >= 0.6 is 23.5 Å². The van der Waals surface area contributed by atoms with E-state index in [4.69, 9.17) is 15.4 Å². The third-order valence-electron chi connectivity index (χ3n) is 3.71. The van der Waals surface area contributed by atoms with Crippen molar-refractivity contribution in [2.45, 2.75) is 24.9 Å². The van der Waals surface area contributed by atoms with E-state index in [2.05, 4.69) is 28.1 Å². The standard InChI is InChI=1S/C10H16N5O12P3.2Na/c11-9-8-10(13-3-12-9)15(4-14-8)7-1-5(16)6(25-7)2-24-29(20,21)27-30(22,23)26-28(17,18)19;;/h3-7,16H,1-2H2,(H,20,21)(H,22,23)(H2,11,12,13)(H2,17,18,19);;/q;2*+1/p-2/t5-,6-,7-;;/m1../s1/i1+1,2+1,3+1,4+1,5+1,6+1,7+1,8+1,9+1,10+1,11+1,12+1,13+1,14+1,15+1;;. The van der Waals surface area contributed by atoms with E-state index < -0.39 is 48.5 Å². The van der Waals surface area contributed by atoms with Crippen molar-refractivity contribution in [1.82, 2.24) is 19.5 Å². The molecule has 5 N–H and O–H groups in total. The number of nitrogens with two attached hydrogens (primary N) is 1. The Balaban J connectivity index is 0.00000256. The Bertz CT molecular complexity index is 1080. The first-order chi connectivity index (χ1) is 13.8. The molecule has 17 nitrogen and oxygen atoms in total. The summed E-state index contributed by atoms with van der Waals surface area (Å²) in [6.45, 7) is -0.830. The van der Waals surface area contributed by atoms with E-state index in [-0.39, 0.29) is 76.9 Å². The zero-order chi connectivity index (χ0) is 22.3. The first-order valence-corrected chi connectivity index (χ1v) is 12.2. The molecule has 0 bridgehead atoms. The molecule has 1 aliphatic heterocycles. The summed E-state index contributed by atoms with van der Waals surface area (Å²) in [6, 6.07) is 0. The van der Waals surface area contributed by atoms with Crippen molar-refractivity contribution in [3.63, 3.8) is 0 Å². The van der Waals surface area contributed by atoms with Crippen molar-refractivity contribution < 1.29 is 115 Å². The average Bonchev–Trinajstić information content (AvgIpc) is 3.14. The maximum Gasteiger partial charge on any atom is 1.00 e. The molecule has 0 spiro atoms. The number of hydrogen-bond acceptors (Lipinski definition) is 14. The van der Waals surface area contributed by atoms with E-state index in [0.29, 0.717) is 5.65 Å². The van der Waals surface area contributed by atoms with Gasteiger partial charge in [0.2, 0.25) is 0 Å². The number of imidazole rings is 1. The van der Waals surface area contributed by atoms with Crippen LogP contribution in [0.4, 0.5) is 5.82 Å². The molecule has 3 rings (SSSR count). The molecule has 1 fully saturated rings. The topological polar surface area (TPSA) is 265 Å². The molecule has 0 aliphatic carbocycles. The predicted molar refractivity (Wildman–Crippen MR) is 89.6 cm³/mol. The smallest absolute Gasteiger partial charge is 0.756 e. The van der Waals surface area contributed by atoms with E-state index in [0.717, 1.165) is 0 Å². The minimum atomic E-state index is -5.95. The number of phosphoric ester groups is 1. The van der Waals surface area contributed by atoms with Gasteiger partial charge in [0.1, 0.15) is 24.2 Å². The fraction of sp³-hybridized carbons (Fsp3) is 0.500. The molecule has 2 aromatic rings. The first-order valence-electron chi connectivity index (χ1n) is 7.78. The molecular weight excluding hydrogens is 536 g/mol. The quantitative estimate of drug-likeness (QED) is 0.103. The SMILES string of the molecule is [15NH2][13c]1[15n][13cH][15n][13c]2[13c]1[15n][13cH][15n]2[13C@H]1[13CH2][13C@@H](O)[13C@@H]([13CH2]OP(=O)(O)OP(=O)([O-])OP(=O)([O-])O)O1.[Na+].[Na+]. The maximum absolute atomic E-state index is 11.7. The van der Waals surface area contributed by atoms with Crippen molar-refractivity contribution in [1.29, 1.82) is 0 Å². The van der Waals surface area contributed by atoms with Gasteiger partial charge in [-0.3, -0.25) is 18.2 Å². The zero-order valence-corrected chi connectivity index (χ0v) is 23.2. The average molecular weight is 550 g/mol. The zero-order valence-electron chi connectivity index (χ0n) is 16.5. The number of aliphatic hydroxyl groups is 1. The maximum atomic E-state index is 11.7. The van der Waals surface area contributed by atoms with Gasteiger partial charge in [0.25, 0.3) is 15.6 Å². The number of aliphatic hydroxyl groups excluding tert-OH is 1. The Hall–Kier alpha value is 0.680. The molecule has 0 radical (unpaired) electrons. The summed E-state index contributed by atoms with van der Waals surface area (Å²) in [7, 11) is -17.2. The monoisotopic (exact) mass is 550 g/mol. The number of hydrogen-bond donors (Lipinski definition) is 4. The van der Waals surface area contributed by atoms with Crippen LogP contribution in [0.2, 0.25) is 0 Å². The Morgan fingerprint density at radius 3 is 2.47 bits per heavy atom. The van der Waals surface area contributed by atoms with Crippen LogP contribution in [0.15, 0.2) is 12.7 Å². The third-order valence-corrected chi connectivity index (χ3v) is 7.44. The van der Waals surface area contributed by atoms with Gasteiger partial charge < -0.3 is 35.2 Å². The van der Waals surface area contributed by atoms with Gasteiger partial charge in [-0.05, 0) is 0 Å². The number of ether oxygens (including phenoxy) is 1. The van der Waals surface area contributed by atoms with E-state index in [1.807, 2.05) is 0 Å². The number of nitrogen functional groups attached to an aromatic ring is 1. The van der Waals surface area contributed by atoms with Crippen molar-refractivity contribution >= 4 is 40.4 Å². The molecule has 1 saturated heterocycles. The van der Waals surface area contributed by atoms with Gasteiger partial charge in [-0.1, -0.05) is 0 Å². The molecule has 1 aliphatic rings. The minimum Gasteiger partial charge on any atom is -0.756 e. The molecule has 168 valence electrons. The second kappa shape index (κ2) is 11.6. The largest absolute Gasteiger partial charge is 1.00 e. The molecule has 0 saturated carbocycles. The van der Waals surface area contributed by atoms with Crippen molar-refractivity contribution in [3.8, 4) is 0 Å². The van der Waals surface area contributed by atoms with Crippen LogP contribution in [0.25, 0.3) is 11.2 Å². The Morgan fingerprint density at radius 1 is 1.19 bits per heavy atom. The van der Waals surface area contributed by atoms with Crippen LogP contribution in [-0.4, -0.2) is 53.2 Å². The molecule has 6 atom stereocenters. The van der Waals surface area contributed by atoms with Gasteiger partial charge in [-0.2, -0.15) is 0 Å². The van der Waals surface area contributed by atoms with E-state index in [1.54, 1.807) is 0 Å². The van der Waals surface area contributed by atoms with Crippen LogP contribution < -0.4 is 74.6 Å². The Kier molecular flexibility index (Phi) is 11.1. The molecular formula is C10H14N5Na2O12P3. The molecule has 22 heteroatoms. The number of fused-ring (bicyclic) bond motifs is 1. The number of rotatable bonds is 8. The molecule has 32 heavy (non-hydrogen) atoms. The molecule has 2 aromatic heterocycles. The molecule has 3 unspecified atom stereocenters. The summed E-state index contributed by atoms with van der Waals surface area (Å²) in [6.07, 6.45) is -0.767. The van der Waals surface area contributed by atoms with E-state index in [1.165, 1.54) is 17.2 Å². The molecule has 3 heterocycles. The van der Waals surface area contributed by atoms with Crippen LogP contribution in [0.3, 0.4) is 0 Å². The second-order valence-electron chi connectivity index (χ2n) is 5.86. The summed E-state index contributed by atoms with van der Waals surface area (Å²) < 4.78 is 51.5. The van der Waals surface area contributed by atoms with E-state index in [9.17, 15) is 33.5 Å². The summed E-state index contributed by atoms with van der Waals surface area (Å²) in [5.41, 5.74) is 6.27. The third kappa shape index (κ3) is 8.12. The van der Waals surface area contributed by atoms with Gasteiger partial charge in [-0.25, -0.2) is 28.1 Å². The fourth-order valence-corrected chi connectivity index (χ4v) is 5.51. The van der Waals surface area contributed by atoms with Gasteiger partial charge in [0.15, 0.2) is 11.5 Å². The summed E-state index contributed by atoms with van der Waals surface area (Å²) >= 11 is 0.